The average Bonchev–Trinajstić information content (AvgIpc) is 3.31. The Bertz CT molecular complexity index is 1210. The van der Waals surface area contributed by atoms with Crippen LogP contribution in [0.1, 0.15) is 43.9 Å². The first-order valence-electron chi connectivity index (χ1n) is 11.2. The SMILES string of the molecule is CCCC1=C(C(=O)OCC)[C@H](c2ccc(OCc3ccccc3Cl)c(OC)c2)n2ncnc2N1. The largest absolute Gasteiger partial charge is 0.493 e. The van der Waals surface area contributed by atoms with Gasteiger partial charge in [-0.05, 0) is 37.1 Å². The molecule has 1 aliphatic heterocycles. The standard InChI is InChI=1S/C25H27ClN4O4/c1-4-8-19-22(24(31)33-5-2)23(30-25(29-19)27-15-28-30)16-11-12-20(21(13-16)32-3)34-14-17-9-6-7-10-18(17)26/h6-7,9-13,15,23H,4-5,8,14H2,1-3H3,(H,27,28,29)/t23-/m0/s1. The Morgan fingerprint density at radius 2 is 2.00 bits per heavy atom. The van der Waals surface area contributed by atoms with Gasteiger partial charge in [0.2, 0.25) is 5.95 Å². The van der Waals surface area contributed by atoms with Gasteiger partial charge in [-0.1, -0.05) is 49.2 Å². The lowest BCUT2D eigenvalue weighted by atomic mass is 9.93. The second kappa shape index (κ2) is 10.6. The Hall–Kier alpha value is -3.52. The van der Waals surface area contributed by atoms with Crippen LogP contribution in [0.4, 0.5) is 5.95 Å². The molecule has 0 amide bonds. The van der Waals surface area contributed by atoms with Crippen LogP contribution in [0.15, 0.2) is 60.1 Å². The molecule has 9 heteroatoms. The van der Waals surface area contributed by atoms with Gasteiger partial charge < -0.3 is 19.5 Å². The normalized spacial score (nSPS) is 14.9. The van der Waals surface area contributed by atoms with Gasteiger partial charge in [-0.3, -0.25) is 0 Å². The van der Waals surface area contributed by atoms with Crippen LogP contribution >= 0.6 is 11.6 Å². The zero-order valence-corrected chi connectivity index (χ0v) is 20.1. The summed E-state index contributed by atoms with van der Waals surface area (Å²) in [4.78, 5) is 17.4. The molecule has 4 rings (SSSR count). The van der Waals surface area contributed by atoms with Gasteiger partial charge in [0.1, 0.15) is 19.0 Å². The third-order valence-corrected chi connectivity index (χ3v) is 5.89. The maximum absolute atomic E-state index is 13.1. The summed E-state index contributed by atoms with van der Waals surface area (Å²) in [5.41, 5.74) is 2.96. The number of nitrogens with zero attached hydrogens (tertiary/aromatic N) is 3. The van der Waals surface area contributed by atoms with Crippen LogP contribution in [0.2, 0.25) is 5.02 Å². The topological polar surface area (TPSA) is 87.5 Å². The molecule has 2 aromatic carbocycles. The zero-order valence-electron chi connectivity index (χ0n) is 19.4. The predicted octanol–water partition coefficient (Wildman–Crippen LogP) is 5.15. The van der Waals surface area contributed by atoms with E-state index in [1.54, 1.807) is 18.7 Å². The molecular formula is C25H27ClN4O4. The molecule has 8 nitrogen and oxygen atoms in total. The number of hydrogen-bond donors (Lipinski definition) is 1. The fourth-order valence-electron chi connectivity index (χ4n) is 3.96. The number of rotatable bonds is 9. The molecule has 178 valence electrons. The molecule has 34 heavy (non-hydrogen) atoms. The molecule has 0 radical (unpaired) electrons. The van der Waals surface area contributed by atoms with Gasteiger partial charge in [0.15, 0.2) is 11.5 Å². The minimum Gasteiger partial charge on any atom is -0.493 e. The van der Waals surface area contributed by atoms with Gasteiger partial charge in [0.25, 0.3) is 0 Å². The van der Waals surface area contributed by atoms with Crippen molar-refractivity contribution in [3.8, 4) is 11.5 Å². The number of halogens is 1. The van der Waals surface area contributed by atoms with E-state index in [2.05, 4.69) is 22.3 Å². The monoisotopic (exact) mass is 482 g/mol. The third kappa shape index (κ3) is 4.72. The van der Waals surface area contributed by atoms with E-state index < -0.39 is 6.04 Å². The van der Waals surface area contributed by atoms with E-state index in [1.807, 2.05) is 42.5 Å². The Kier molecular flexibility index (Phi) is 7.37. The van der Waals surface area contributed by atoms with Crippen molar-refractivity contribution < 1.29 is 19.0 Å². The fourth-order valence-corrected chi connectivity index (χ4v) is 4.15. The molecule has 1 aromatic heterocycles. The summed E-state index contributed by atoms with van der Waals surface area (Å²) in [6.45, 7) is 4.42. The number of ether oxygens (including phenoxy) is 3. The van der Waals surface area contributed by atoms with Gasteiger partial charge in [-0.25, -0.2) is 9.48 Å². The van der Waals surface area contributed by atoms with Gasteiger partial charge in [-0.2, -0.15) is 10.1 Å². The quantitative estimate of drug-likeness (QED) is 0.422. The van der Waals surface area contributed by atoms with Crippen molar-refractivity contribution in [2.24, 2.45) is 0 Å². The van der Waals surface area contributed by atoms with Crippen LogP contribution in [0, 0.1) is 0 Å². The zero-order chi connectivity index (χ0) is 24.1. The maximum Gasteiger partial charge on any atom is 0.338 e. The van der Waals surface area contributed by atoms with E-state index in [0.717, 1.165) is 23.2 Å². The summed E-state index contributed by atoms with van der Waals surface area (Å²) in [5.74, 6) is 1.28. The number of carbonyl (C=O) groups is 1. The Labute approximate surface area is 203 Å². The van der Waals surface area contributed by atoms with Gasteiger partial charge in [0.05, 0.1) is 19.3 Å². The van der Waals surface area contributed by atoms with E-state index in [4.69, 9.17) is 25.8 Å². The lowest BCUT2D eigenvalue weighted by Crippen LogP contribution is -2.30. The first kappa shape index (κ1) is 23.6. The number of methoxy groups -OCH3 is 1. The molecule has 1 N–H and O–H groups in total. The number of fused-ring (bicyclic) bond motifs is 1. The van der Waals surface area contributed by atoms with Gasteiger partial charge in [-0.15, -0.1) is 0 Å². The smallest absolute Gasteiger partial charge is 0.338 e. The fraction of sp³-hybridized carbons (Fsp3) is 0.320. The van der Waals surface area contributed by atoms with Crippen LogP contribution in [-0.4, -0.2) is 34.5 Å². The number of anilines is 1. The summed E-state index contributed by atoms with van der Waals surface area (Å²) in [6.07, 6.45) is 2.99. The van der Waals surface area contributed by atoms with Crippen molar-refractivity contribution in [2.45, 2.75) is 39.3 Å². The molecule has 0 unspecified atom stereocenters. The minimum absolute atomic E-state index is 0.275. The van der Waals surface area contributed by atoms with E-state index in [-0.39, 0.29) is 12.6 Å². The number of allylic oxidation sites excluding steroid dienone is 1. The lowest BCUT2D eigenvalue weighted by Gasteiger charge is -2.29. The van der Waals surface area contributed by atoms with Crippen LogP contribution in [0.5, 0.6) is 11.5 Å². The summed E-state index contributed by atoms with van der Waals surface area (Å²) >= 11 is 6.26. The van der Waals surface area contributed by atoms with E-state index in [1.165, 1.54) is 6.33 Å². The highest BCUT2D eigenvalue weighted by Gasteiger charge is 2.35. The lowest BCUT2D eigenvalue weighted by molar-refractivity contribution is -0.139. The highest BCUT2D eigenvalue weighted by molar-refractivity contribution is 6.31. The van der Waals surface area contributed by atoms with Crippen molar-refractivity contribution in [3.05, 3.63) is 76.2 Å². The summed E-state index contributed by atoms with van der Waals surface area (Å²) in [5, 5.41) is 8.27. The van der Waals surface area contributed by atoms with Crippen LogP contribution in [0.25, 0.3) is 0 Å². The third-order valence-electron chi connectivity index (χ3n) is 5.52. The first-order chi connectivity index (χ1) is 16.6. The molecule has 2 heterocycles. The van der Waals surface area contributed by atoms with Crippen molar-refractivity contribution >= 4 is 23.5 Å². The maximum atomic E-state index is 13.1. The highest BCUT2D eigenvalue weighted by Crippen LogP contribution is 2.40. The minimum atomic E-state index is -0.522. The molecule has 1 atom stereocenters. The van der Waals surface area contributed by atoms with Crippen molar-refractivity contribution in [1.29, 1.82) is 0 Å². The molecule has 0 saturated heterocycles. The number of esters is 1. The molecular weight excluding hydrogens is 456 g/mol. The number of carbonyl (C=O) groups excluding carboxylic acids is 1. The highest BCUT2D eigenvalue weighted by atomic mass is 35.5. The molecule has 0 bridgehead atoms. The Morgan fingerprint density at radius 3 is 2.74 bits per heavy atom. The Balaban J connectivity index is 1.72. The second-order valence-corrected chi connectivity index (χ2v) is 8.12. The van der Waals surface area contributed by atoms with Crippen molar-refractivity contribution in [3.63, 3.8) is 0 Å². The van der Waals surface area contributed by atoms with E-state index in [0.29, 0.717) is 41.1 Å². The summed E-state index contributed by atoms with van der Waals surface area (Å²) in [6, 6.07) is 12.6. The van der Waals surface area contributed by atoms with E-state index >= 15 is 0 Å². The molecule has 1 aliphatic rings. The number of nitrogens with one attached hydrogen (secondary N) is 1. The van der Waals surface area contributed by atoms with Crippen LogP contribution in [0.3, 0.4) is 0 Å². The van der Waals surface area contributed by atoms with Gasteiger partial charge in [0, 0.05) is 16.3 Å². The molecule has 3 aromatic rings. The summed E-state index contributed by atoms with van der Waals surface area (Å²) < 4.78 is 18.7. The Morgan fingerprint density at radius 1 is 1.18 bits per heavy atom. The van der Waals surface area contributed by atoms with Crippen molar-refractivity contribution in [2.75, 3.05) is 19.0 Å². The number of aromatic nitrogens is 3. The van der Waals surface area contributed by atoms with Gasteiger partial charge >= 0.3 is 5.97 Å². The first-order valence-corrected chi connectivity index (χ1v) is 11.6. The second-order valence-electron chi connectivity index (χ2n) is 7.71. The average molecular weight is 483 g/mol. The van der Waals surface area contributed by atoms with Crippen LogP contribution < -0.4 is 14.8 Å². The summed E-state index contributed by atoms with van der Waals surface area (Å²) in [7, 11) is 1.58. The molecule has 0 spiro atoms. The number of benzene rings is 2. The molecule has 0 aliphatic carbocycles. The van der Waals surface area contributed by atoms with Crippen LogP contribution in [-0.2, 0) is 16.1 Å². The van der Waals surface area contributed by atoms with E-state index in [9.17, 15) is 4.79 Å². The number of hydrogen-bond acceptors (Lipinski definition) is 7. The van der Waals surface area contributed by atoms with Crippen molar-refractivity contribution in [1.82, 2.24) is 14.8 Å². The predicted molar refractivity (Wildman–Crippen MR) is 129 cm³/mol. The molecule has 0 saturated carbocycles. The molecule has 0 fully saturated rings.